The number of carbonyl (C=O) groups excluding carboxylic acids is 1. The number of aromatic nitrogens is 2. The summed E-state index contributed by atoms with van der Waals surface area (Å²) in [4.78, 5) is 13.3. The van der Waals surface area contributed by atoms with E-state index < -0.39 is 5.91 Å². The maximum atomic E-state index is 11.1. The normalized spacial score (nSPS) is 17.9. The second-order valence-corrected chi connectivity index (χ2v) is 5.81. The lowest BCUT2D eigenvalue weighted by Crippen LogP contribution is -2.45. The van der Waals surface area contributed by atoms with Gasteiger partial charge >= 0.3 is 0 Å². The van der Waals surface area contributed by atoms with Crippen molar-refractivity contribution < 1.29 is 4.79 Å². The molecule has 6 nitrogen and oxygen atoms in total. The highest BCUT2D eigenvalue weighted by atomic mass is 16.1. The third kappa shape index (κ3) is 4.04. The molecular weight excluding hydrogens is 290 g/mol. The standard InChI is InChI=1S/C17H21N5O/c18-17(23)14-7-5-13(6-8-14)11-19-15-3-2-10-22(12-15)16-4-1-9-20-21-16/h1,4-9,15,19H,2-3,10-12H2,(H2,18,23). The molecule has 6 heteroatoms. The van der Waals surface area contributed by atoms with Crippen LogP contribution in [0.5, 0.6) is 0 Å². The van der Waals surface area contributed by atoms with Crippen LogP contribution in [0.2, 0.25) is 0 Å². The number of primary amides is 1. The monoisotopic (exact) mass is 311 g/mol. The van der Waals surface area contributed by atoms with E-state index in [1.807, 2.05) is 24.3 Å². The van der Waals surface area contributed by atoms with Gasteiger partial charge in [-0.05, 0) is 42.7 Å². The Morgan fingerprint density at radius 3 is 2.83 bits per heavy atom. The van der Waals surface area contributed by atoms with Gasteiger partial charge in [-0.15, -0.1) is 5.10 Å². The molecule has 1 saturated heterocycles. The van der Waals surface area contributed by atoms with Crippen LogP contribution >= 0.6 is 0 Å². The molecule has 0 bridgehead atoms. The number of piperidine rings is 1. The number of rotatable bonds is 5. The van der Waals surface area contributed by atoms with Gasteiger partial charge in [-0.3, -0.25) is 4.79 Å². The number of anilines is 1. The maximum absolute atomic E-state index is 11.1. The van der Waals surface area contributed by atoms with Crippen LogP contribution in [0.25, 0.3) is 0 Å². The lowest BCUT2D eigenvalue weighted by molar-refractivity contribution is 0.100. The zero-order chi connectivity index (χ0) is 16.1. The zero-order valence-electron chi connectivity index (χ0n) is 13.0. The van der Waals surface area contributed by atoms with Gasteiger partial charge in [0.2, 0.25) is 5.91 Å². The van der Waals surface area contributed by atoms with Crippen LogP contribution in [0.15, 0.2) is 42.6 Å². The molecule has 0 radical (unpaired) electrons. The zero-order valence-corrected chi connectivity index (χ0v) is 13.0. The van der Waals surface area contributed by atoms with Gasteiger partial charge in [0.1, 0.15) is 0 Å². The molecule has 23 heavy (non-hydrogen) atoms. The quantitative estimate of drug-likeness (QED) is 0.870. The van der Waals surface area contributed by atoms with Crippen molar-refractivity contribution in [2.45, 2.75) is 25.4 Å². The van der Waals surface area contributed by atoms with Crippen LogP contribution in [-0.4, -0.2) is 35.2 Å². The summed E-state index contributed by atoms with van der Waals surface area (Å²) in [6, 6.07) is 11.8. The topological polar surface area (TPSA) is 84.1 Å². The number of nitrogens with two attached hydrogens (primary N) is 1. The largest absolute Gasteiger partial charge is 0.366 e. The van der Waals surface area contributed by atoms with Gasteiger partial charge in [0.25, 0.3) is 0 Å². The Hall–Kier alpha value is -2.47. The molecule has 3 N–H and O–H groups in total. The number of hydrogen-bond donors (Lipinski definition) is 2. The summed E-state index contributed by atoms with van der Waals surface area (Å²) in [6.07, 6.45) is 3.98. The van der Waals surface area contributed by atoms with Crippen LogP contribution in [0.1, 0.15) is 28.8 Å². The Bertz CT molecular complexity index is 644. The van der Waals surface area contributed by atoms with Gasteiger partial charge in [-0.25, -0.2) is 0 Å². The van der Waals surface area contributed by atoms with Crippen LogP contribution in [0, 0.1) is 0 Å². The van der Waals surface area contributed by atoms with E-state index in [9.17, 15) is 4.79 Å². The highest BCUT2D eigenvalue weighted by molar-refractivity contribution is 5.92. The molecule has 0 aliphatic carbocycles. The van der Waals surface area contributed by atoms with Crippen LogP contribution < -0.4 is 16.0 Å². The second kappa shape index (κ2) is 7.19. The van der Waals surface area contributed by atoms with E-state index >= 15 is 0 Å². The average molecular weight is 311 g/mol. The molecule has 1 aliphatic heterocycles. The summed E-state index contributed by atoms with van der Waals surface area (Å²) in [7, 11) is 0. The summed E-state index contributed by atoms with van der Waals surface area (Å²) in [6.45, 7) is 2.72. The van der Waals surface area contributed by atoms with Crippen molar-refractivity contribution in [2.75, 3.05) is 18.0 Å². The van der Waals surface area contributed by atoms with Crippen LogP contribution in [0.3, 0.4) is 0 Å². The predicted octanol–water partition coefficient (Wildman–Crippen LogP) is 1.33. The number of amides is 1. The average Bonchev–Trinajstić information content (AvgIpc) is 2.61. The minimum absolute atomic E-state index is 0.392. The fourth-order valence-corrected chi connectivity index (χ4v) is 2.86. The Morgan fingerprint density at radius 2 is 2.13 bits per heavy atom. The van der Waals surface area contributed by atoms with Gasteiger partial charge in [0.15, 0.2) is 5.82 Å². The van der Waals surface area contributed by atoms with Crippen molar-refractivity contribution in [2.24, 2.45) is 5.73 Å². The number of nitrogens with one attached hydrogen (secondary N) is 1. The Morgan fingerprint density at radius 1 is 1.30 bits per heavy atom. The Kier molecular flexibility index (Phi) is 4.83. The summed E-state index contributed by atoms with van der Waals surface area (Å²) in [5.74, 6) is 0.543. The number of carbonyl (C=O) groups is 1. The van der Waals surface area contributed by atoms with E-state index in [1.165, 1.54) is 0 Å². The minimum Gasteiger partial charge on any atom is -0.366 e. The Labute approximate surface area is 135 Å². The van der Waals surface area contributed by atoms with Crippen molar-refractivity contribution in [3.63, 3.8) is 0 Å². The van der Waals surface area contributed by atoms with Crippen molar-refractivity contribution in [1.82, 2.24) is 15.5 Å². The molecule has 2 aromatic rings. The van der Waals surface area contributed by atoms with Crippen molar-refractivity contribution in [1.29, 1.82) is 0 Å². The lowest BCUT2D eigenvalue weighted by atomic mass is 10.0. The highest BCUT2D eigenvalue weighted by Crippen LogP contribution is 2.17. The molecule has 3 rings (SSSR count). The third-order valence-electron chi connectivity index (χ3n) is 4.14. The van der Waals surface area contributed by atoms with Gasteiger partial charge < -0.3 is 16.0 Å². The van der Waals surface area contributed by atoms with Gasteiger partial charge in [-0.1, -0.05) is 12.1 Å². The van der Waals surface area contributed by atoms with E-state index in [0.29, 0.717) is 11.6 Å². The third-order valence-corrected chi connectivity index (χ3v) is 4.14. The molecule has 1 aromatic heterocycles. The molecule has 1 fully saturated rings. The van der Waals surface area contributed by atoms with Crippen molar-refractivity contribution >= 4 is 11.7 Å². The van der Waals surface area contributed by atoms with E-state index in [1.54, 1.807) is 18.3 Å². The fourth-order valence-electron chi connectivity index (χ4n) is 2.86. The highest BCUT2D eigenvalue weighted by Gasteiger charge is 2.20. The van der Waals surface area contributed by atoms with Gasteiger partial charge in [0, 0.05) is 37.4 Å². The molecule has 1 aliphatic rings. The summed E-state index contributed by atoms with van der Waals surface area (Å²) in [5, 5.41) is 11.7. The second-order valence-electron chi connectivity index (χ2n) is 5.81. The molecule has 0 saturated carbocycles. The molecule has 1 unspecified atom stereocenters. The summed E-state index contributed by atoms with van der Waals surface area (Å²) in [5.41, 5.74) is 6.94. The van der Waals surface area contributed by atoms with Gasteiger partial charge in [0.05, 0.1) is 0 Å². The molecule has 1 atom stereocenters. The van der Waals surface area contributed by atoms with Crippen LogP contribution in [0.4, 0.5) is 5.82 Å². The van der Waals surface area contributed by atoms with E-state index in [0.717, 1.165) is 43.9 Å². The fraction of sp³-hybridized carbons (Fsp3) is 0.353. The number of benzene rings is 1. The molecule has 1 amide bonds. The van der Waals surface area contributed by atoms with Gasteiger partial charge in [-0.2, -0.15) is 5.10 Å². The van der Waals surface area contributed by atoms with E-state index in [2.05, 4.69) is 20.4 Å². The van der Waals surface area contributed by atoms with E-state index in [4.69, 9.17) is 5.73 Å². The molecular formula is C17H21N5O. The first-order valence-electron chi connectivity index (χ1n) is 7.87. The lowest BCUT2D eigenvalue weighted by Gasteiger charge is -2.33. The summed E-state index contributed by atoms with van der Waals surface area (Å²) < 4.78 is 0. The first-order chi connectivity index (χ1) is 11.2. The maximum Gasteiger partial charge on any atom is 0.248 e. The number of nitrogens with zero attached hydrogens (tertiary/aromatic N) is 3. The van der Waals surface area contributed by atoms with Crippen LogP contribution in [-0.2, 0) is 6.54 Å². The minimum atomic E-state index is -0.392. The Balaban J connectivity index is 1.54. The SMILES string of the molecule is NC(=O)c1ccc(CNC2CCCN(c3cccnn3)C2)cc1. The summed E-state index contributed by atoms with van der Waals surface area (Å²) >= 11 is 0. The molecule has 0 spiro atoms. The smallest absolute Gasteiger partial charge is 0.248 e. The molecule has 2 heterocycles. The first kappa shape index (κ1) is 15.4. The number of hydrogen-bond acceptors (Lipinski definition) is 5. The van der Waals surface area contributed by atoms with E-state index in [-0.39, 0.29) is 0 Å². The van der Waals surface area contributed by atoms with Crippen molar-refractivity contribution in [3.8, 4) is 0 Å². The first-order valence-corrected chi connectivity index (χ1v) is 7.87. The molecule has 120 valence electrons. The predicted molar refractivity (Wildman–Crippen MR) is 89.1 cm³/mol. The molecule has 1 aromatic carbocycles. The van der Waals surface area contributed by atoms with Crippen molar-refractivity contribution in [3.05, 3.63) is 53.7 Å².